The fourth-order valence-corrected chi connectivity index (χ4v) is 5.51. The maximum atomic E-state index is 13.6. The molecule has 1 saturated heterocycles. The summed E-state index contributed by atoms with van der Waals surface area (Å²) in [7, 11) is -2.42. The van der Waals surface area contributed by atoms with Crippen LogP contribution in [0.2, 0.25) is 0 Å². The Labute approximate surface area is 176 Å². The number of amides is 2. The van der Waals surface area contributed by atoms with E-state index in [-0.39, 0.29) is 16.2 Å². The highest BCUT2D eigenvalue weighted by Crippen LogP contribution is 2.22. The maximum Gasteiger partial charge on any atom is 0.268 e. The number of aromatic amines is 1. The molecule has 8 nitrogen and oxygen atoms in total. The molecule has 0 radical (unpaired) electrons. The van der Waals surface area contributed by atoms with Crippen LogP contribution in [0, 0.1) is 11.6 Å². The molecule has 0 bridgehead atoms. The second kappa shape index (κ2) is 9.14. The lowest BCUT2D eigenvalue weighted by atomic mass is 10.1. The number of benzene rings is 1. The zero-order valence-electron chi connectivity index (χ0n) is 15.9. The SMILES string of the molecule is CNC(=O)C(NC(=O)c1cc(S(=O)(=O)N2CCSCC2)c[nH]1)c1ccc(F)c(F)c1. The second-order valence-electron chi connectivity index (χ2n) is 6.46. The van der Waals surface area contributed by atoms with Crippen molar-refractivity contribution < 1.29 is 26.8 Å². The zero-order valence-corrected chi connectivity index (χ0v) is 17.6. The van der Waals surface area contributed by atoms with Gasteiger partial charge in [-0.25, -0.2) is 17.2 Å². The number of hydrogen-bond acceptors (Lipinski definition) is 5. The molecule has 1 aliphatic heterocycles. The van der Waals surface area contributed by atoms with Crippen molar-refractivity contribution >= 4 is 33.6 Å². The van der Waals surface area contributed by atoms with E-state index in [1.807, 2.05) is 0 Å². The van der Waals surface area contributed by atoms with Crippen LogP contribution >= 0.6 is 11.8 Å². The van der Waals surface area contributed by atoms with Gasteiger partial charge in [0.05, 0.1) is 0 Å². The van der Waals surface area contributed by atoms with Gasteiger partial charge in [0.15, 0.2) is 11.6 Å². The number of thioether (sulfide) groups is 1. The Morgan fingerprint density at radius 2 is 1.87 bits per heavy atom. The molecular weight excluding hydrogens is 438 g/mol. The van der Waals surface area contributed by atoms with E-state index in [0.717, 1.165) is 12.1 Å². The Kier molecular flexibility index (Phi) is 6.78. The highest BCUT2D eigenvalue weighted by atomic mass is 32.2. The number of likely N-dealkylation sites (N-methyl/N-ethyl adjacent to an activating group) is 1. The number of rotatable bonds is 6. The fourth-order valence-electron chi connectivity index (χ4n) is 2.94. The second-order valence-corrected chi connectivity index (χ2v) is 9.62. The van der Waals surface area contributed by atoms with Crippen molar-refractivity contribution in [3.05, 3.63) is 53.4 Å². The first kappa shape index (κ1) is 22.2. The van der Waals surface area contributed by atoms with Crippen molar-refractivity contribution in [3.8, 4) is 0 Å². The fraction of sp³-hybridized carbons (Fsp3) is 0.333. The molecule has 3 N–H and O–H groups in total. The summed E-state index contributed by atoms with van der Waals surface area (Å²) in [6.45, 7) is 0.767. The van der Waals surface area contributed by atoms with Gasteiger partial charge in [-0.3, -0.25) is 9.59 Å². The molecule has 2 amide bonds. The summed E-state index contributed by atoms with van der Waals surface area (Å²) in [5, 5.41) is 4.75. The predicted octanol–water partition coefficient (Wildman–Crippen LogP) is 1.25. The summed E-state index contributed by atoms with van der Waals surface area (Å²) < 4.78 is 53.6. The smallest absolute Gasteiger partial charge is 0.268 e. The third kappa shape index (κ3) is 4.65. The highest BCUT2D eigenvalue weighted by molar-refractivity contribution is 7.99. The average Bonchev–Trinajstić information content (AvgIpc) is 3.25. The number of carbonyl (C=O) groups is 2. The van der Waals surface area contributed by atoms with Crippen molar-refractivity contribution in [1.29, 1.82) is 0 Å². The Morgan fingerprint density at radius 1 is 1.17 bits per heavy atom. The van der Waals surface area contributed by atoms with E-state index in [1.54, 1.807) is 11.8 Å². The van der Waals surface area contributed by atoms with Crippen LogP contribution in [0.15, 0.2) is 35.4 Å². The number of hydrogen-bond donors (Lipinski definition) is 3. The summed E-state index contributed by atoms with van der Waals surface area (Å²) in [4.78, 5) is 27.3. The summed E-state index contributed by atoms with van der Waals surface area (Å²) in [5.74, 6) is -2.29. The largest absolute Gasteiger partial charge is 0.357 e. The number of sulfonamides is 1. The van der Waals surface area contributed by atoms with Crippen LogP contribution in [0.1, 0.15) is 22.1 Å². The topological polar surface area (TPSA) is 111 Å². The van der Waals surface area contributed by atoms with Crippen molar-refractivity contribution in [2.75, 3.05) is 31.6 Å². The lowest BCUT2D eigenvalue weighted by molar-refractivity contribution is -0.122. The molecule has 1 fully saturated rings. The molecule has 1 unspecified atom stereocenters. The van der Waals surface area contributed by atoms with Crippen LogP contribution in [-0.2, 0) is 14.8 Å². The van der Waals surface area contributed by atoms with Crippen LogP contribution in [0.4, 0.5) is 8.78 Å². The summed E-state index contributed by atoms with van der Waals surface area (Å²) in [6, 6.07) is 2.72. The number of nitrogens with one attached hydrogen (secondary N) is 3. The molecule has 12 heteroatoms. The third-order valence-electron chi connectivity index (χ3n) is 4.57. The van der Waals surface area contributed by atoms with Gasteiger partial charge in [-0.2, -0.15) is 16.1 Å². The predicted molar refractivity (Wildman–Crippen MR) is 108 cm³/mol. The van der Waals surface area contributed by atoms with Gasteiger partial charge in [-0.1, -0.05) is 6.07 Å². The van der Waals surface area contributed by atoms with E-state index in [1.165, 1.54) is 29.7 Å². The molecule has 1 aromatic heterocycles. The van der Waals surface area contributed by atoms with Gasteiger partial charge in [0.2, 0.25) is 15.9 Å². The third-order valence-corrected chi connectivity index (χ3v) is 7.39. The minimum Gasteiger partial charge on any atom is -0.357 e. The number of halogens is 2. The minimum absolute atomic E-state index is 0.0341. The van der Waals surface area contributed by atoms with Crippen LogP contribution < -0.4 is 10.6 Å². The molecule has 0 aliphatic carbocycles. The monoisotopic (exact) mass is 458 g/mol. The van der Waals surface area contributed by atoms with Gasteiger partial charge in [-0.05, 0) is 23.8 Å². The first-order chi connectivity index (χ1) is 14.2. The standard InChI is InChI=1S/C18H20F2N4O4S2/c1-21-18(26)16(11-2-3-13(19)14(20)8-11)23-17(25)15-9-12(10-22-15)30(27,28)24-4-6-29-7-5-24/h2-3,8-10,16,22H,4-7H2,1H3,(H,21,26)(H,23,25). The van der Waals surface area contributed by atoms with Gasteiger partial charge < -0.3 is 15.6 Å². The Balaban J connectivity index is 1.81. The van der Waals surface area contributed by atoms with E-state index in [2.05, 4.69) is 15.6 Å². The average molecular weight is 459 g/mol. The quantitative estimate of drug-likeness (QED) is 0.603. The number of H-pyrrole nitrogens is 1. The molecule has 1 aliphatic rings. The Bertz CT molecular complexity index is 1050. The Hall–Kier alpha value is -2.44. The summed E-state index contributed by atoms with van der Waals surface area (Å²) in [5.41, 5.74) is -0.0525. The van der Waals surface area contributed by atoms with Crippen LogP contribution in [0.3, 0.4) is 0 Å². The molecule has 2 heterocycles. The van der Waals surface area contributed by atoms with E-state index < -0.39 is 39.5 Å². The number of nitrogens with zero attached hydrogens (tertiary/aromatic N) is 1. The van der Waals surface area contributed by atoms with E-state index in [0.29, 0.717) is 24.6 Å². The lowest BCUT2D eigenvalue weighted by Gasteiger charge is -2.24. The molecule has 1 aromatic carbocycles. The first-order valence-electron chi connectivity index (χ1n) is 8.97. The lowest BCUT2D eigenvalue weighted by Crippen LogP contribution is -2.39. The van der Waals surface area contributed by atoms with Crippen molar-refractivity contribution in [3.63, 3.8) is 0 Å². The van der Waals surface area contributed by atoms with Gasteiger partial charge in [0, 0.05) is 37.8 Å². The highest BCUT2D eigenvalue weighted by Gasteiger charge is 2.29. The van der Waals surface area contributed by atoms with Crippen LogP contribution in [-0.4, -0.2) is 61.2 Å². The maximum absolute atomic E-state index is 13.6. The molecule has 0 saturated carbocycles. The molecule has 2 aromatic rings. The van der Waals surface area contributed by atoms with Gasteiger partial charge in [0.1, 0.15) is 16.6 Å². The molecule has 1 atom stereocenters. The zero-order chi connectivity index (χ0) is 21.9. The van der Waals surface area contributed by atoms with Crippen LogP contribution in [0.25, 0.3) is 0 Å². The van der Waals surface area contributed by atoms with Gasteiger partial charge in [0.25, 0.3) is 5.91 Å². The number of carbonyl (C=O) groups excluding carboxylic acids is 2. The van der Waals surface area contributed by atoms with Gasteiger partial charge >= 0.3 is 0 Å². The van der Waals surface area contributed by atoms with E-state index in [4.69, 9.17) is 0 Å². The molecular formula is C18H20F2N4O4S2. The van der Waals surface area contributed by atoms with Crippen LogP contribution in [0.5, 0.6) is 0 Å². The Morgan fingerprint density at radius 3 is 2.50 bits per heavy atom. The molecule has 3 rings (SSSR count). The minimum atomic E-state index is -3.75. The number of aromatic nitrogens is 1. The first-order valence-corrected chi connectivity index (χ1v) is 11.6. The van der Waals surface area contributed by atoms with Crippen molar-refractivity contribution in [1.82, 2.24) is 19.9 Å². The van der Waals surface area contributed by atoms with E-state index >= 15 is 0 Å². The molecule has 162 valence electrons. The van der Waals surface area contributed by atoms with Crippen molar-refractivity contribution in [2.45, 2.75) is 10.9 Å². The molecule has 0 spiro atoms. The summed E-state index contributed by atoms with van der Waals surface area (Å²) >= 11 is 1.67. The van der Waals surface area contributed by atoms with E-state index in [9.17, 15) is 26.8 Å². The molecule has 30 heavy (non-hydrogen) atoms. The van der Waals surface area contributed by atoms with Crippen molar-refractivity contribution in [2.24, 2.45) is 0 Å². The summed E-state index contributed by atoms with van der Waals surface area (Å²) in [6.07, 6.45) is 1.21. The normalized spacial score (nSPS) is 16.1. The van der Waals surface area contributed by atoms with Gasteiger partial charge in [-0.15, -0.1) is 0 Å².